The first-order valence-electron chi connectivity index (χ1n) is 5.63. The zero-order valence-corrected chi connectivity index (χ0v) is 10.0. The molecule has 0 aromatic heterocycles. The summed E-state index contributed by atoms with van der Waals surface area (Å²) in [5.74, 6) is -1.17. The molecule has 2 N–H and O–H groups in total. The monoisotopic (exact) mass is 221 g/mol. The molecule has 1 rings (SSSR count). The van der Waals surface area contributed by atoms with Crippen molar-refractivity contribution in [1.29, 1.82) is 0 Å². The lowest BCUT2D eigenvalue weighted by molar-refractivity contribution is -0.141. The molecule has 0 spiro atoms. The van der Waals surface area contributed by atoms with Crippen LogP contribution in [0.25, 0.3) is 0 Å². The van der Waals surface area contributed by atoms with Crippen molar-refractivity contribution in [1.82, 2.24) is 0 Å². The Labute approximate surface area is 96.5 Å². The van der Waals surface area contributed by atoms with Crippen LogP contribution >= 0.6 is 0 Å². The van der Waals surface area contributed by atoms with Gasteiger partial charge in [-0.25, -0.2) is 0 Å². The minimum Gasteiger partial charge on any atom is -0.481 e. The van der Waals surface area contributed by atoms with Crippen LogP contribution < -0.4 is 5.32 Å². The Morgan fingerprint density at radius 3 is 2.31 bits per heavy atom. The maximum absolute atomic E-state index is 10.8. The van der Waals surface area contributed by atoms with E-state index in [2.05, 4.69) is 24.4 Å². The number of hydrogen-bond donors (Lipinski definition) is 2. The van der Waals surface area contributed by atoms with E-state index in [1.165, 1.54) is 5.56 Å². The number of anilines is 1. The molecule has 2 unspecified atom stereocenters. The zero-order valence-electron chi connectivity index (χ0n) is 10.0. The number of carbonyl (C=O) groups is 1. The molecule has 0 fully saturated rings. The second kappa shape index (κ2) is 5.54. The molecule has 16 heavy (non-hydrogen) atoms. The minimum atomic E-state index is -0.773. The van der Waals surface area contributed by atoms with Gasteiger partial charge in [0.25, 0.3) is 0 Å². The Morgan fingerprint density at radius 2 is 1.88 bits per heavy atom. The van der Waals surface area contributed by atoms with E-state index in [1.54, 1.807) is 6.92 Å². The first-order chi connectivity index (χ1) is 7.54. The molecule has 88 valence electrons. The maximum Gasteiger partial charge on any atom is 0.308 e. The van der Waals surface area contributed by atoms with Crippen molar-refractivity contribution < 1.29 is 9.90 Å². The van der Waals surface area contributed by atoms with E-state index >= 15 is 0 Å². The molecule has 0 bridgehead atoms. The summed E-state index contributed by atoms with van der Waals surface area (Å²) in [6.07, 6.45) is 1.02. The molecule has 1 aromatic carbocycles. The third-order valence-corrected chi connectivity index (χ3v) is 2.90. The molecule has 1 aromatic rings. The summed E-state index contributed by atoms with van der Waals surface area (Å²) >= 11 is 0. The Hall–Kier alpha value is -1.51. The van der Waals surface area contributed by atoms with E-state index < -0.39 is 11.9 Å². The van der Waals surface area contributed by atoms with E-state index in [9.17, 15) is 4.79 Å². The van der Waals surface area contributed by atoms with Gasteiger partial charge in [0.15, 0.2) is 0 Å². The van der Waals surface area contributed by atoms with Crippen molar-refractivity contribution >= 4 is 11.7 Å². The summed E-state index contributed by atoms with van der Waals surface area (Å²) < 4.78 is 0. The third kappa shape index (κ3) is 3.26. The first-order valence-corrected chi connectivity index (χ1v) is 5.63. The lowest BCUT2D eigenvalue weighted by Crippen LogP contribution is -2.29. The zero-order chi connectivity index (χ0) is 12.1. The van der Waals surface area contributed by atoms with Gasteiger partial charge in [-0.15, -0.1) is 0 Å². The number of benzene rings is 1. The SMILES string of the molecule is CCc1ccc(NC(C)C(C)C(=O)O)cc1. The average Bonchev–Trinajstić information content (AvgIpc) is 2.28. The normalized spacial score (nSPS) is 14.2. The number of carboxylic acids is 1. The topological polar surface area (TPSA) is 49.3 Å². The fraction of sp³-hybridized carbons (Fsp3) is 0.462. The van der Waals surface area contributed by atoms with Gasteiger partial charge in [-0.05, 0) is 38.0 Å². The van der Waals surface area contributed by atoms with Crippen LogP contribution in [-0.4, -0.2) is 17.1 Å². The number of aliphatic carboxylic acids is 1. The lowest BCUT2D eigenvalue weighted by Gasteiger charge is -2.19. The van der Waals surface area contributed by atoms with Gasteiger partial charge in [-0.2, -0.15) is 0 Å². The van der Waals surface area contributed by atoms with Crippen molar-refractivity contribution in [3.8, 4) is 0 Å². The second-order valence-corrected chi connectivity index (χ2v) is 4.11. The number of rotatable bonds is 5. The van der Waals surface area contributed by atoms with Crippen molar-refractivity contribution in [2.24, 2.45) is 5.92 Å². The average molecular weight is 221 g/mol. The number of carboxylic acid groups (broad SMARTS) is 1. The highest BCUT2D eigenvalue weighted by molar-refractivity contribution is 5.71. The molecular formula is C13H19NO2. The summed E-state index contributed by atoms with van der Waals surface area (Å²) in [6.45, 7) is 5.70. The molecule has 0 saturated carbocycles. The first kappa shape index (κ1) is 12.6. The fourth-order valence-corrected chi connectivity index (χ4v) is 1.44. The minimum absolute atomic E-state index is 0.0787. The molecule has 3 heteroatoms. The Kier molecular flexibility index (Phi) is 4.35. The number of hydrogen-bond acceptors (Lipinski definition) is 2. The highest BCUT2D eigenvalue weighted by Gasteiger charge is 2.18. The summed E-state index contributed by atoms with van der Waals surface area (Å²) in [5, 5.41) is 12.1. The standard InChI is InChI=1S/C13H19NO2/c1-4-11-5-7-12(8-6-11)14-10(3)9(2)13(15)16/h5-10,14H,4H2,1-3H3,(H,15,16). The van der Waals surface area contributed by atoms with Crippen LogP contribution in [-0.2, 0) is 11.2 Å². The van der Waals surface area contributed by atoms with Crippen molar-refractivity contribution in [2.45, 2.75) is 33.2 Å². The molecule has 0 amide bonds. The highest BCUT2D eigenvalue weighted by Crippen LogP contribution is 2.14. The van der Waals surface area contributed by atoms with Gasteiger partial charge in [-0.3, -0.25) is 4.79 Å². The summed E-state index contributed by atoms with van der Waals surface area (Å²) in [5.41, 5.74) is 2.25. The van der Waals surface area contributed by atoms with Crippen LogP contribution in [0.3, 0.4) is 0 Å². The molecule has 3 nitrogen and oxygen atoms in total. The Morgan fingerprint density at radius 1 is 1.31 bits per heavy atom. The number of aryl methyl sites for hydroxylation is 1. The quantitative estimate of drug-likeness (QED) is 0.803. The molecule has 0 saturated heterocycles. The highest BCUT2D eigenvalue weighted by atomic mass is 16.4. The van der Waals surface area contributed by atoms with Crippen LogP contribution in [0.4, 0.5) is 5.69 Å². The summed E-state index contributed by atoms with van der Waals surface area (Å²) in [6, 6.07) is 8.01. The van der Waals surface area contributed by atoms with Crippen LogP contribution in [0.1, 0.15) is 26.3 Å². The van der Waals surface area contributed by atoms with E-state index in [1.807, 2.05) is 19.1 Å². The molecule has 0 aliphatic heterocycles. The Bertz CT molecular complexity index is 345. The van der Waals surface area contributed by atoms with Gasteiger partial charge in [0.2, 0.25) is 0 Å². The Balaban J connectivity index is 2.62. The fourth-order valence-electron chi connectivity index (χ4n) is 1.44. The predicted molar refractivity (Wildman–Crippen MR) is 65.7 cm³/mol. The molecule has 2 atom stereocenters. The summed E-state index contributed by atoms with van der Waals surface area (Å²) in [7, 11) is 0. The van der Waals surface area contributed by atoms with E-state index in [-0.39, 0.29) is 6.04 Å². The maximum atomic E-state index is 10.8. The van der Waals surface area contributed by atoms with Crippen LogP contribution in [0.5, 0.6) is 0 Å². The van der Waals surface area contributed by atoms with Gasteiger partial charge in [0.1, 0.15) is 0 Å². The van der Waals surface area contributed by atoms with Gasteiger partial charge in [0.05, 0.1) is 5.92 Å². The smallest absolute Gasteiger partial charge is 0.308 e. The van der Waals surface area contributed by atoms with Crippen LogP contribution in [0, 0.1) is 5.92 Å². The lowest BCUT2D eigenvalue weighted by atomic mass is 10.0. The van der Waals surface area contributed by atoms with Gasteiger partial charge in [-0.1, -0.05) is 19.1 Å². The van der Waals surface area contributed by atoms with E-state index in [4.69, 9.17) is 5.11 Å². The van der Waals surface area contributed by atoms with E-state index in [0.29, 0.717) is 0 Å². The predicted octanol–water partition coefficient (Wildman–Crippen LogP) is 2.77. The molecule has 0 heterocycles. The largest absolute Gasteiger partial charge is 0.481 e. The van der Waals surface area contributed by atoms with Crippen LogP contribution in [0.2, 0.25) is 0 Å². The van der Waals surface area contributed by atoms with Crippen LogP contribution in [0.15, 0.2) is 24.3 Å². The van der Waals surface area contributed by atoms with Gasteiger partial charge in [0, 0.05) is 11.7 Å². The molecular weight excluding hydrogens is 202 g/mol. The van der Waals surface area contributed by atoms with Crippen molar-refractivity contribution in [3.05, 3.63) is 29.8 Å². The third-order valence-electron chi connectivity index (χ3n) is 2.90. The molecule has 0 aliphatic carbocycles. The molecule has 0 aliphatic rings. The second-order valence-electron chi connectivity index (χ2n) is 4.11. The molecule has 0 radical (unpaired) electrons. The van der Waals surface area contributed by atoms with Crippen molar-refractivity contribution in [3.63, 3.8) is 0 Å². The number of nitrogens with one attached hydrogen (secondary N) is 1. The van der Waals surface area contributed by atoms with Gasteiger partial charge < -0.3 is 10.4 Å². The summed E-state index contributed by atoms with van der Waals surface area (Å²) in [4.78, 5) is 10.8. The van der Waals surface area contributed by atoms with Crippen molar-refractivity contribution in [2.75, 3.05) is 5.32 Å². The van der Waals surface area contributed by atoms with E-state index in [0.717, 1.165) is 12.1 Å². The van der Waals surface area contributed by atoms with Gasteiger partial charge >= 0.3 is 5.97 Å².